The first-order valence-electron chi connectivity index (χ1n) is 7.02. The van der Waals surface area contributed by atoms with E-state index >= 15 is 0 Å². The number of aryl methyl sites for hydroxylation is 2. The number of rotatable bonds is 0. The standard InChI is InChI=1S/C13H9.C7H9.2ClH.Ti/c1-3-7-12-10(5-1)9-11-6-2-4-8-13(11)12;1-6-3-4-7(2)5-6;;;/h1-5,7-8H,9H2;3-5H,1-2H3;2*1H;/q2*-1;;;+4/p-2. The largest absolute Gasteiger partial charge is 4.00 e. The molecule has 0 saturated heterocycles. The summed E-state index contributed by atoms with van der Waals surface area (Å²) in [5.74, 6) is 0. The van der Waals surface area contributed by atoms with Crippen LogP contribution in [0.4, 0.5) is 0 Å². The third-order valence-corrected chi connectivity index (χ3v) is 3.68. The maximum absolute atomic E-state index is 3.30. The van der Waals surface area contributed by atoms with Crippen molar-refractivity contribution in [3.8, 4) is 11.1 Å². The summed E-state index contributed by atoms with van der Waals surface area (Å²) < 4.78 is 0. The molecule has 0 unspecified atom stereocenters. The number of halogens is 2. The van der Waals surface area contributed by atoms with E-state index in [2.05, 4.69) is 74.5 Å². The van der Waals surface area contributed by atoms with Crippen LogP contribution in [0.25, 0.3) is 11.1 Å². The SMILES string of the molecule is Cc1ccc(C)[cH-]1.[Cl-].[Cl-].[Ti+4].[c-]1cccc2c1Cc1ccccc1-2. The van der Waals surface area contributed by atoms with E-state index in [0.29, 0.717) is 0 Å². The number of fused-ring (bicyclic) bond motifs is 3. The van der Waals surface area contributed by atoms with E-state index in [1.54, 1.807) is 0 Å². The Hall–Kier alpha value is -0.916. The molecule has 3 aromatic rings. The Labute approximate surface area is 166 Å². The van der Waals surface area contributed by atoms with Gasteiger partial charge >= 0.3 is 21.7 Å². The molecule has 1 aliphatic rings. The Morgan fingerprint density at radius 1 is 0.826 bits per heavy atom. The van der Waals surface area contributed by atoms with Crippen LogP contribution < -0.4 is 24.8 Å². The van der Waals surface area contributed by atoms with Gasteiger partial charge in [-0.3, -0.25) is 0 Å². The van der Waals surface area contributed by atoms with Crippen molar-refractivity contribution >= 4 is 0 Å². The third-order valence-electron chi connectivity index (χ3n) is 3.68. The Bertz CT molecular complexity index is 672. The van der Waals surface area contributed by atoms with Gasteiger partial charge < -0.3 is 24.8 Å². The van der Waals surface area contributed by atoms with Crippen LogP contribution in [0.2, 0.25) is 0 Å². The van der Waals surface area contributed by atoms with Crippen LogP contribution >= 0.6 is 0 Å². The van der Waals surface area contributed by atoms with Crippen molar-refractivity contribution in [3.63, 3.8) is 0 Å². The second-order valence-corrected chi connectivity index (χ2v) is 5.36. The Morgan fingerprint density at radius 2 is 1.43 bits per heavy atom. The van der Waals surface area contributed by atoms with Crippen molar-refractivity contribution in [2.24, 2.45) is 0 Å². The molecule has 23 heavy (non-hydrogen) atoms. The topological polar surface area (TPSA) is 0 Å². The molecule has 3 heteroatoms. The van der Waals surface area contributed by atoms with Crippen LogP contribution in [0.3, 0.4) is 0 Å². The molecule has 3 aromatic carbocycles. The normalized spacial score (nSPS) is 9.83. The fraction of sp³-hybridized carbons (Fsp3) is 0.150. The molecular weight excluding hydrogens is 359 g/mol. The molecule has 0 radical (unpaired) electrons. The smallest absolute Gasteiger partial charge is 1.00 e. The molecule has 1 aliphatic carbocycles. The van der Waals surface area contributed by atoms with Gasteiger partial charge in [0.2, 0.25) is 0 Å². The monoisotopic (exact) mass is 376 g/mol. The fourth-order valence-corrected chi connectivity index (χ4v) is 2.72. The number of hydrogen-bond acceptors (Lipinski definition) is 0. The van der Waals surface area contributed by atoms with Crippen molar-refractivity contribution in [1.29, 1.82) is 0 Å². The summed E-state index contributed by atoms with van der Waals surface area (Å²) in [5.41, 5.74) is 8.23. The molecule has 0 bridgehead atoms. The average Bonchev–Trinajstić information content (AvgIpc) is 3.02. The predicted octanol–water partition coefficient (Wildman–Crippen LogP) is -0.914. The van der Waals surface area contributed by atoms with E-state index in [1.807, 2.05) is 6.07 Å². The van der Waals surface area contributed by atoms with Crippen LogP contribution in [-0.2, 0) is 28.1 Å². The quantitative estimate of drug-likeness (QED) is 0.275. The van der Waals surface area contributed by atoms with Gasteiger partial charge in [-0.2, -0.15) is 47.0 Å². The minimum absolute atomic E-state index is 0. The van der Waals surface area contributed by atoms with Crippen LogP contribution in [-0.4, -0.2) is 0 Å². The van der Waals surface area contributed by atoms with Gasteiger partial charge in [0.1, 0.15) is 0 Å². The fourth-order valence-electron chi connectivity index (χ4n) is 2.72. The van der Waals surface area contributed by atoms with E-state index in [-0.39, 0.29) is 46.5 Å². The van der Waals surface area contributed by atoms with Crippen molar-refractivity contribution in [2.45, 2.75) is 20.3 Å². The van der Waals surface area contributed by atoms with E-state index in [1.165, 1.54) is 33.4 Å². The zero-order valence-corrected chi connectivity index (χ0v) is 16.3. The van der Waals surface area contributed by atoms with Crippen molar-refractivity contribution in [3.05, 3.63) is 89.0 Å². The second-order valence-electron chi connectivity index (χ2n) is 5.36. The molecule has 0 heterocycles. The molecule has 0 spiro atoms. The van der Waals surface area contributed by atoms with Crippen LogP contribution in [0.5, 0.6) is 0 Å². The molecule has 116 valence electrons. The Balaban J connectivity index is 0.000000426. The van der Waals surface area contributed by atoms with E-state index in [9.17, 15) is 0 Å². The summed E-state index contributed by atoms with van der Waals surface area (Å²) in [4.78, 5) is 0. The summed E-state index contributed by atoms with van der Waals surface area (Å²) in [6.45, 7) is 4.21. The average molecular weight is 377 g/mol. The minimum Gasteiger partial charge on any atom is -1.00 e. The molecule has 0 nitrogen and oxygen atoms in total. The van der Waals surface area contributed by atoms with Gasteiger partial charge in [0, 0.05) is 0 Å². The minimum atomic E-state index is 0. The maximum atomic E-state index is 3.30. The zero-order chi connectivity index (χ0) is 13.9. The van der Waals surface area contributed by atoms with Gasteiger partial charge in [-0.25, -0.2) is 12.1 Å². The predicted molar refractivity (Wildman–Crippen MR) is 85.0 cm³/mol. The maximum Gasteiger partial charge on any atom is 4.00 e. The summed E-state index contributed by atoms with van der Waals surface area (Å²) >= 11 is 0. The van der Waals surface area contributed by atoms with Crippen LogP contribution in [0, 0.1) is 19.9 Å². The molecule has 0 aliphatic heterocycles. The number of benzene rings is 2. The molecule has 0 saturated carbocycles. The molecule has 0 fully saturated rings. The Kier molecular flexibility index (Phi) is 9.65. The van der Waals surface area contributed by atoms with Gasteiger partial charge in [-0.05, 0) is 6.42 Å². The summed E-state index contributed by atoms with van der Waals surface area (Å²) in [5, 5.41) is 0. The first-order valence-corrected chi connectivity index (χ1v) is 7.02. The third kappa shape index (κ3) is 5.29. The summed E-state index contributed by atoms with van der Waals surface area (Å²) in [6, 6.07) is 24.5. The van der Waals surface area contributed by atoms with Gasteiger partial charge in [-0.15, -0.1) is 5.56 Å². The molecular formula is C20H18Cl2Ti. The Morgan fingerprint density at radius 3 is 2.04 bits per heavy atom. The van der Waals surface area contributed by atoms with Gasteiger partial charge in [0.05, 0.1) is 0 Å². The van der Waals surface area contributed by atoms with E-state index in [4.69, 9.17) is 0 Å². The summed E-state index contributed by atoms with van der Waals surface area (Å²) in [7, 11) is 0. The first-order chi connectivity index (χ1) is 9.74. The van der Waals surface area contributed by atoms with Gasteiger partial charge in [0.25, 0.3) is 0 Å². The molecule has 0 atom stereocenters. The van der Waals surface area contributed by atoms with Crippen LogP contribution in [0.15, 0.2) is 60.7 Å². The van der Waals surface area contributed by atoms with Crippen molar-refractivity contribution in [2.75, 3.05) is 0 Å². The summed E-state index contributed by atoms with van der Waals surface area (Å²) in [6.07, 6.45) is 1.05. The van der Waals surface area contributed by atoms with Gasteiger partial charge in [0.15, 0.2) is 0 Å². The first kappa shape index (κ1) is 22.1. The van der Waals surface area contributed by atoms with Crippen molar-refractivity contribution < 1.29 is 46.5 Å². The van der Waals surface area contributed by atoms with E-state index in [0.717, 1.165) is 6.42 Å². The van der Waals surface area contributed by atoms with Crippen LogP contribution in [0.1, 0.15) is 22.3 Å². The molecule has 0 amide bonds. The molecule has 0 aromatic heterocycles. The molecule has 4 rings (SSSR count). The second kappa shape index (κ2) is 10.1. The van der Waals surface area contributed by atoms with Crippen molar-refractivity contribution in [1.82, 2.24) is 0 Å². The van der Waals surface area contributed by atoms with Gasteiger partial charge in [-0.1, -0.05) is 49.2 Å². The number of hydrogen-bond donors (Lipinski definition) is 0. The molecule has 0 N–H and O–H groups in total. The van der Waals surface area contributed by atoms with E-state index < -0.39 is 0 Å². The zero-order valence-electron chi connectivity index (χ0n) is 13.2.